The number of carbonyl (C=O) groups is 3. The summed E-state index contributed by atoms with van der Waals surface area (Å²) in [5.41, 5.74) is 1.90. The van der Waals surface area contributed by atoms with E-state index in [0.717, 1.165) is 30.9 Å². The number of esters is 1. The molecule has 5 atom stereocenters. The minimum atomic E-state index is -0.836. The number of aliphatic hydroxyl groups excluding tert-OH is 1. The van der Waals surface area contributed by atoms with Crippen molar-refractivity contribution in [2.45, 2.75) is 49.1 Å². The summed E-state index contributed by atoms with van der Waals surface area (Å²) in [5.74, 6) is -1.90. The molecular formula is C29H37N3O5S. The third kappa shape index (κ3) is 4.43. The number of hydrogen-bond donors (Lipinski definition) is 1. The second-order valence-corrected chi connectivity index (χ2v) is 11.7. The summed E-state index contributed by atoms with van der Waals surface area (Å²) in [6, 6.07) is 7.32. The number of hydrogen-bond acceptors (Lipinski definition) is 7. The summed E-state index contributed by atoms with van der Waals surface area (Å²) in [7, 11) is 0. The normalized spacial score (nSPS) is 30.0. The zero-order chi connectivity index (χ0) is 26.9. The molecule has 2 amide bonds. The van der Waals surface area contributed by atoms with Crippen LogP contribution in [-0.2, 0) is 19.1 Å². The first-order valence-electron chi connectivity index (χ1n) is 13.7. The van der Waals surface area contributed by atoms with Crippen molar-refractivity contribution in [1.29, 1.82) is 0 Å². The van der Waals surface area contributed by atoms with Gasteiger partial charge in [-0.1, -0.05) is 24.3 Å². The van der Waals surface area contributed by atoms with Crippen LogP contribution in [0, 0.1) is 11.8 Å². The zero-order valence-electron chi connectivity index (χ0n) is 22.1. The highest BCUT2D eigenvalue weighted by molar-refractivity contribution is 8.02. The number of benzene rings is 1. The molecular weight excluding hydrogens is 502 g/mol. The summed E-state index contributed by atoms with van der Waals surface area (Å²) >= 11 is 1.56. The first-order chi connectivity index (χ1) is 18.5. The van der Waals surface area contributed by atoms with Crippen molar-refractivity contribution in [2.75, 3.05) is 49.2 Å². The molecule has 0 saturated carbocycles. The first-order valence-corrected chi connectivity index (χ1v) is 14.6. The molecule has 5 rings (SSSR count). The summed E-state index contributed by atoms with van der Waals surface area (Å²) < 4.78 is 4.60. The molecule has 4 aliphatic heterocycles. The van der Waals surface area contributed by atoms with Crippen molar-refractivity contribution in [2.24, 2.45) is 11.8 Å². The van der Waals surface area contributed by atoms with Crippen LogP contribution in [-0.4, -0.2) is 83.2 Å². The van der Waals surface area contributed by atoms with E-state index in [1.807, 2.05) is 48.6 Å². The number of aliphatic hydroxyl groups is 1. The van der Waals surface area contributed by atoms with Gasteiger partial charge in [-0.2, -0.15) is 0 Å². The van der Waals surface area contributed by atoms with Crippen LogP contribution in [0.5, 0.6) is 0 Å². The molecule has 1 aromatic carbocycles. The fourth-order valence-corrected chi connectivity index (χ4v) is 8.45. The molecule has 2 saturated heterocycles. The van der Waals surface area contributed by atoms with Gasteiger partial charge in [0.15, 0.2) is 0 Å². The summed E-state index contributed by atoms with van der Waals surface area (Å²) in [5, 5.41) is 9.01. The van der Waals surface area contributed by atoms with Crippen molar-refractivity contribution in [1.82, 2.24) is 4.90 Å². The fraction of sp³-hybridized carbons (Fsp3) is 0.552. The molecule has 0 aliphatic carbocycles. The van der Waals surface area contributed by atoms with Gasteiger partial charge < -0.3 is 24.5 Å². The Labute approximate surface area is 228 Å². The molecule has 4 heterocycles. The topological polar surface area (TPSA) is 90.4 Å². The van der Waals surface area contributed by atoms with Crippen molar-refractivity contribution in [3.05, 3.63) is 48.6 Å². The average molecular weight is 540 g/mol. The molecule has 4 aliphatic rings. The van der Waals surface area contributed by atoms with Crippen molar-refractivity contribution in [3.8, 4) is 0 Å². The second kappa shape index (κ2) is 11.1. The van der Waals surface area contributed by atoms with Gasteiger partial charge in [0.2, 0.25) is 5.91 Å². The lowest BCUT2D eigenvalue weighted by molar-refractivity contribution is -0.151. The number of thioether (sulfide) groups is 1. The Morgan fingerprint density at radius 1 is 1.05 bits per heavy atom. The number of cyclic esters (lactones) is 1. The third-order valence-corrected chi connectivity index (χ3v) is 10.0. The molecule has 0 bridgehead atoms. The minimum Gasteiger partial charge on any atom is -0.461 e. The highest BCUT2D eigenvalue weighted by Crippen LogP contribution is 2.61. The highest BCUT2D eigenvalue weighted by atomic mass is 32.2. The van der Waals surface area contributed by atoms with Crippen LogP contribution in [0.3, 0.4) is 0 Å². The molecule has 2 fully saturated rings. The van der Waals surface area contributed by atoms with Crippen molar-refractivity contribution < 1.29 is 24.2 Å². The SMILES string of the molecule is CCN(CC)c1ccc(N2CC=C[C@]34S[C@@H]5C=CCOC(=O)[C@@H]5[C@H]3C(=O)N(CCCCCO)C4C2=O)cc1. The van der Waals surface area contributed by atoms with Gasteiger partial charge in [-0.25, -0.2) is 0 Å². The van der Waals surface area contributed by atoms with Crippen LogP contribution in [0.4, 0.5) is 11.4 Å². The van der Waals surface area contributed by atoms with Gasteiger partial charge in [-0.15, -0.1) is 11.8 Å². The predicted molar refractivity (Wildman–Crippen MR) is 149 cm³/mol. The van der Waals surface area contributed by atoms with E-state index in [-0.39, 0.29) is 36.2 Å². The van der Waals surface area contributed by atoms with Crippen LogP contribution < -0.4 is 9.80 Å². The molecule has 9 heteroatoms. The Hall–Kier alpha value is -2.78. The lowest BCUT2D eigenvalue weighted by Gasteiger charge is -2.35. The lowest BCUT2D eigenvalue weighted by Crippen LogP contribution is -2.53. The largest absolute Gasteiger partial charge is 0.461 e. The van der Waals surface area contributed by atoms with E-state index in [2.05, 4.69) is 18.7 Å². The number of amides is 2. The third-order valence-electron chi connectivity index (χ3n) is 8.26. The molecule has 0 aromatic heterocycles. The van der Waals surface area contributed by atoms with Crippen LogP contribution in [0.2, 0.25) is 0 Å². The van der Waals surface area contributed by atoms with Gasteiger partial charge in [-0.05, 0) is 57.4 Å². The van der Waals surface area contributed by atoms with Gasteiger partial charge in [0.1, 0.15) is 12.6 Å². The molecule has 0 radical (unpaired) electrons. The molecule has 1 aromatic rings. The highest BCUT2D eigenvalue weighted by Gasteiger charge is 2.71. The lowest BCUT2D eigenvalue weighted by atomic mass is 9.78. The van der Waals surface area contributed by atoms with Crippen LogP contribution in [0.15, 0.2) is 48.6 Å². The van der Waals surface area contributed by atoms with Crippen LogP contribution >= 0.6 is 11.8 Å². The number of likely N-dealkylation sites (tertiary alicyclic amines) is 1. The van der Waals surface area contributed by atoms with E-state index in [4.69, 9.17) is 4.74 Å². The smallest absolute Gasteiger partial charge is 0.311 e. The molecule has 204 valence electrons. The van der Waals surface area contributed by atoms with E-state index >= 15 is 0 Å². The van der Waals surface area contributed by atoms with Gasteiger partial charge in [0.05, 0.1) is 16.6 Å². The zero-order valence-corrected chi connectivity index (χ0v) is 22.9. The van der Waals surface area contributed by atoms with Crippen LogP contribution in [0.1, 0.15) is 33.1 Å². The number of rotatable bonds is 9. The second-order valence-electron chi connectivity index (χ2n) is 10.3. The molecule has 1 N–H and O–H groups in total. The Bertz CT molecular complexity index is 1120. The van der Waals surface area contributed by atoms with E-state index in [0.29, 0.717) is 25.9 Å². The average Bonchev–Trinajstić information content (AvgIpc) is 3.21. The van der Waals surface area contributed by atoms with Crippen molar-refractivity contribution >= 4 is 40.9 Å². The maximum atomic E-state index is 14.4. The van der Waals surface area contributed by atoms with Gasteiger partial charge >= 0.3 is 5.97 Å². The predicted octanol–water partition coefficient (Wildman–Crippen LogP) is 3.01. The Morgan fingerprint density at radius 3 is 2.53 bits per heavy atom. The van der Waals surface area contributed by atoms with Crippen molar-refractivity contribution in [3.63, 3.8) is 0 Å². The maximum absolute atomic E-state index is 14.4. The number of fused-ring (bicyclic) bond motifs is 2. The van der Waals surface area contributed by atoms with Gasteiger partial charge in [0, 0.05) is 49.4 Å². The maximum Gasteiger partial charge on any atom is 0.311 e. The monoisotopic (exact) mass is 539 g/mol. The van der Waals surface area contributed by atoms with Gasteiger partial charge in [-0.3, -0.25) is 14.4 Å². The minimum absolute atomic E-state index is 0.0979. The van der Waals surface area contributed by atoms with Gasteiger partial charge in [0.25, 0.3) is 5.91 Å². The number of nitrogens with zero attached hydrogens (tertiary/aromatic N) is 3. The van der Waals surface area contributed by atoms with Crippen LogP contribution in [0.25, 0.3) is 0 Å². The standard InChI is InChI=1S/C29H37N3O5S/c1-3-30(4-2)20-11-13-21(14-12-20)31-17-9-15-29-24(23-22(38-29)10-8-19-37-28(23)36)26(34)32(25(29)27(31)35)16-6-5-7-18-33/h8-15,22-25,33H,3-7,16-19H2,1-2H3/t22-,23+,24+,25?,29+/m1/s1. The fourth-order valence-electron chi connectivity index (χ4n) is 6.44. The molecule has 38 heavy (non-hydrogen) atoms. The number of anilines is 2. The quantitative estimate of drug-likeness (QED) is 0.293. The summed E-state index contributed by atoms with van der Waals surface area (Å²) in [4.78, 5) is 47.2. The summed E-state index contributed by atoms with van der Waals surface area (Å²) in [6.45, 7) is 7.16. The number of unbranched alkanes of at least 4 members (excludes halogenated alkanes) is 2. The Balaban J connectivity index is 1.51. The molecule has 1 unspecified atom stereocenters. The van der Waals surface area contributed by atoms with E-state index in [9.17, 15) is 19.5 Å². The molecule has 8 nitrogen and oxygen atoms in total. The Kier molecular flexibility index (Phi) is 7.86. The van der Waals surface area contributed by atoms with E-state index in [1.165, 1.54) is 0 Å². The number of ether oxygens (including phenoxy) is 1. The summed E-state index contributed by atoms with van der Waals surface area (Å²) in [6.07, 6.45) is 9.91. The number of carbonyl (C=O) groups excluding carboxylic acids is 3. The Morgan fingerprint density at radius 2 is 1.82 bits per heavy atom. The van der Waals surface area contributed by atoms with E-state index in [1.54, 1.807) is 21.6 Å². The molecule has 1 spiro atoms. The first kappa shape index (κ1) is 26.8. The van der Waals surface area contributed by atoms with E-state index < -0.39 is 22.6 Å².